The minimum absolute atomic E-state index is 0.0609. The molecule has 2 aromatic carbocycles. The van der Waals surface area contributed by atoms with Crippen molar-refractivity contribution in [3.63, 3.8) is 0 Å². The molecular formula is C19H25ClO. The molecule has 2 unspecified atom stereocenters. The van der Waals surface area contributed by atoms with Gasteiger partial charge in [0.15, 0.2) is 0 Å². The lowest BCUT2D eigenvalue weighted by atomic mass is 9.79. The Hall–Kier alpha value is -1.21. The van der Waals surface area contributed by atoms with E-state index in [0.717, 1.165) is 12.2 Å². The van der Waals surface area contributed by atoms with Crippen molar-refractivity contribution in [2.24, 2.45) is 11.3 Å². The molecule has 0 heterocycles. The lowest BCUT2D eigenvalue weighted by Gasteiger charge is -2.29. The first-order valence-electron chi connectivity index (χ1n) is 7.53. The summed E-state index contributed by atoms with van der Waals surface area (Å²) in [5, 5.41) is 2.46. The van der Waals surface area contributed by atoms with Gasteiger partial charge in [-0.15, -0.1) is 11.6 Å². The molecule has 0 radical (unpaired) electrons. The molecule has 2 atom stereocenters. The summed E-state index contributed by atoms with van der Waals surface area (Å²) in [6.07, 6.45) is 0.993. The van der Waals surface area contributed by atoms with Gasteiger partial charge < -0.3 is 4.74 Å². The standard InChI is InChI=1S/C19H25ClO/c1-13(19(2,3)4)10-18(20)16-7-6-15-12-17(21-5)9-8-14(15)11-16/h6-9,11-13,18H,10H2,1-5H3. The minimum Gasteiger partial charge on any atom is -0.497 e. The number of ether oxygens (including phenoxy) is 1. The number of hydrogen-bond donors (Lipinski definition) is 0. The van der Waals surface area contributed by atoms with Gasteiger partial charge in [-0.3, -0.25) is 0 Å². The second-order valence-electron chi connectivity index (χ2n) is 6.94. The second kappa shape index (κ2) is 6.27. The number of halogens is 1. The highest BCUT2D eigenvalue weighted by Gasteiger charge is 2.23. The number of rotatable bonds is 4. The Kier molecular flexibility index (Phi) is 4.83. The van der Waals surface area contributed by atoms with Gasteiger partial charge >= 0.3 is 0 Å². The largest absolute Gasteiger partial charge is 0.497 e. The quantitative estimate of drug-likeness (QED) is 0.611. The van der Waals surface area contributed by atoms with Crippen LogP contribution in [0.4, 0.5) is 0 Å². The molecule has 0 aliphatic heterocycles. The topological polar surface area (TPSA) is 9.23 Å². The number of benzene rings is 2. The van der Waals surface area contributed by atoms with Gasteiger partial charge in [0.1, 0.15) is 5.75 Å². The lowest BCUT2D eigenvalue weighted by molar-refractivity contribution is 0.245. The maximum Gasteiger partial charge on any atom is 0.119 e. The molecule has 0 saturated heterocycles. The predicted octanol–water partition coefficient (Wildman–Crippen LogP) is 6.20. The van der Waals surface area contributed by atoms with Crippen LogP contribution < -0.4 is 4.74 Å². The van der Waals surface area contributed by atoms with E-state index in [1.54, 1.807) is 7.11 Å². The van der Waals surface area contributed by atoms with E-state index in [9.17, 15) is 0 Å². The molecule has 0 bridgehead atoms. The Morgan fingerprint density at radius 2 is 1.67 bits per heavy atom. The first-order valence-corrected chi connectivity index (χ1v) is 7.96. The number of fused-ring (bicyclic) bond motifs is 1. The third-order valence-electron chi connectivity index (χ3n) is 4.47. The zero-order valence-corrected chi connectivity index (χ0v) is 14.4. The average Bonchev–Trinajstić information content (AvgIpc) is 2.44. The molecule has 0 fully saturated rings. The van der Waals surface area contributed by atoms with E-state index in [1.807, 2.05) is 6.07 Å². The molecule has 2 aromatic rings. The Morgan fingerprint density at radius 3 is 2.29 bits per heavy atom. The predicted molar refractivity (Wildman–Crippen MR) is 92.3 cm³/mol. The Labute approximate surface area is 133 Å². The summed E-state index contributed by atoms with van der Waals surface area (Å²) < 4.78 is 5.26. The van der Waals surface area contributed by atoms with Gasteiger partial charge in [-0.05, 0) is 52.3 Å². The van der Waals surface area contributed by atoms with Crippen molar-refractivity contribution < 1.29 is 4.74 Å². The van der Waals surface area contributed by atoms with Crippen molar-refractivity contribution in [2.75, 3.05) is 7.11 Å². The minimum atomic E-state index is 0.0609. The van der Waals surface area contributed by atoms with Crippen LogP contribution in [0.1, 0.15) is 45.1 Å². The fraction of sp³-hybridized carbons (Fsp3) is 0.474. The number of alkyl halides is 1. The monoisotopic (exact) mass is 304 g/mol. The Morgan fingerprint density at radius 1 is 1.05 bits per heavy atom. The van der Waals surface area contributed by atoms with E-state index in [4.69, 9.17) is 16.3 Å². The van der Waals surface area contributed by atoms with Gasteiger partial charge in [0.05, 0.1) is 12.5 Å². The summed E-state index contributed by atoms with van der Waals surface area (Å²) >= 11 is 6.64. The van der Waals surface area contributed by atoms with Crippen LogP contribution in [-0.4, -0.2) is 7.11 Å². The normalized spacial score (nSPS) is 15.0. The van der Waals surface area contributed by atoms with Crippen molar-refractivity contribution in [1.82, 2.24) is 0 Å². The lowest BCUT2D eigenvalue weighted by Crippen LogP contribution is -2.18. The van der Waals surface area contributed by atoms with Crippen LogP contribution in [0, 0.1) is 11.3 Å². The Bertz CT molecular complexity index is 612. The molecule has 0 aliphatic carbocycles. The molecular weight excluding hydrogens is 280 g/mol. The average molecular weight is 305 g/mol. The molecule has 0 aromatic heterocycles. The zero-order valence-electron chi connectivity index (χ0n) is 13.6. The van der Waals surface area contributed by atoms with E-state index < -0.39 is 0 Å². The highest BCUT2D eigenvalue weighted by molar-refractivity contribution is 6.21. The van der Waals surface area contributed by atoms with Crippen LogP contribution in [0.3, 0.4) is 0 Å². The highest BCUT2D eigenvalue weighted by atomic mass is 35.5. The zero-order chi connectivity index (χ0) is 15.6. The molecule has 0 spiro atoms. The van der Waals surface area contributed by atoms with E-state index in [2.05, 4.69) is 58.0 Å². The van der Waals surface area contributed by atoms with Crippen LogP contribution in [0.2, 0.25) is 0 Å². The third-order valence-corrected chi connectivity index (χ3v) is 4.90. The second-order valence-corrected chi connectivity index (χ2v) is 7.47. The van der Waals surface area contributed by atoms with Gasteiger partial charge in [0.25, 0.3) is 0 Å². The third kappa shape index (κ3) is 3.91. The highest BCUT2D eigenvalue weighted by Crippen LogP contribution is 2.37. The van der Waals surface area contributed by atoms with Crippen LogP contribution in [0.15, 0.2) is 36.4 Å². The maximum atomic E-state index is 6.64. The van der Waals surface area contributed by atoms with Crippen molar-refractivity contribution in [1.29, 1.82) is 0 Å². The van der Waals surface area contributed by atoms with Gasteiger partial charge in [-0.25, -0.2) is 0 Å². The van der Waals surface area contributed by atoms with Gasteiger partial charge in [0, 0.05) is 0 Å². The van der Waals surface area contributed by atoms with E-state index >= 15 is 0 Å². The molecule has 0 aliphatic rings. The van der Waals surface area contributed by atoms with Crippen molar-refractivity contribution in [2.45, 2.75) is 39.5 Å². The molecule has 2 rings (SSSR count). The summed E-state index contributed by atoms with van der Waals surface area (Å²) in [6, 6.07) is 12.6. The molecule has 0 amide bonds. The van der Waals surface area contributed by atoms with Gasteiger partial charge in [-0.1, -0.05) is 45.9 Å². The smallest absolute Gasteiger partial charge is 0.119 e. The first kappa shape index (κ1) is 16.2. The molecule has 0 N–H and O–H groups in total. The summed E-state index contributed by atoms with van der Waals surface area (Å²) in [5.74, 6) is 1.46. The molecule has 1 nitrogen and oxygen atoms in total. The SMILES string of the molecule is COc1ccc2cc(C(Cl)CC(C)C(C)(C)C)ccc2c1. The molecule has 2 heteroatoms. The van der Waals surface area contributed by atoms with Crippen LogP contribution in [-0.2, 0) is 0 Å². The Balaban J connectivity index is 2.22. The van der Waals surface area contributed by atoms with E-state index in [0.29, 0.717) is 5.92 Å². The van der Waals surface area contributed by atoms with Crippen molar-refractivity contribution in [3.8, 4) is 5.75 Å². The summed E-state index contributed by atoms with van der Waals surface area (Å²) in [6.45, 7) is 9.09. The number of methoxy groups -OCH3 is 1. The summed E-state index contributed by atoms with van der Waals surface area (Å²) in [4.78, 5) is 0. The molecule has 21 heavy (non-hydrogen) atoms. The first-order chi connectivity index (χ1) is 9.81. The fourth-order valence-electron chi connectivity index (χ4n) is 2.36. The van der Waals surface area contributed by atoms with Crippen molar-refractivity contribution in [3.05, 3.63) is 42.0 Å². The van der Waals surface area contributed by atoms with Gasteiger partial charge in [0.2, 0.25) is 0 Å². The van der Waals surface area contributed by atoms with Crippen molar-refractivity contribution >= 4 is 22.4 Å². The van der Waals surface area contributed by atoms with Crippen LogP contribution in [0.25, 0.3) is 10.8 Å². The van der Waals surface area contributed by atoms with E-state index in [-0.39, 0.29) is 10.8 Å². The van der Waals surface area contributed by atoms with E-state index in [1.165, 1.54) is 16.3 Å². The fourth-order valence-corrected chi connectivity index (χ4v) is 2.77. The van der Waals surface area contributed by atoms with Crippen LogP contribution >= 0.6 is 11.6 Å². The summed E-state index contributed by atoms with van der Waals surface area (Å²) in [5.41, 5.74) is 1.49. The maximum absolute atomic E-state index is 6.64. The van der Waals surface area contributed by atoms with Gasteiger partial charge in [-0.2, -0.15) is 0 Å². The number of hydrogen-bond acceptors (Lipinski definition) is 1. The van der Waals surface area contributed by atoms with Crippen LogP contribution in [0.5, 0.6) is 5.75 Å². The molecule has 0 saturated carbocycles. The summed E-state index contributed by atoms with van der Waals surface area (Å²) in [7, 11) is 1.69. The molecule has 114 valence electrons.